The van der Waals surface area contributed by atoms with E-state index >= 15 is 0 Å². The fourth-order valence-corrected chi connectivity index (χ4v) is 1.30. The van der Waals surface area contributed by atoms with Crippen molar-refractivity contribution in [3.63, 3.8) is 0 Å². The minimum Gasteiger partial charge on any atom is -0.465 e. The second-order valence-electron chi connectivity index (χ2n) is 2.78. The lowest BCUT2D eigenvalue weighted by molar-refractivity contribution is 0.0592. The number of aromatic nitrogens is 1. The number of esters is 1. The van der Waals surface area contributed by atoms with E-state index in [0.29, 0.717) is 6.07 Å². The third-order valence-electron chi connectivity index (χ3n) is 1.81. The standard InChI is InChI=1S/C9H7ClF3NO2/c1-16-9(15)7-4(11)2-5(8(12)13)14-6(7)3-10/h2,8H,3H2,1H3. The number of pyridine rings is 1. The van der Waals surface area contributed by atoms with Crippen LogP contribution in [0.3, 0.4) is 0 Å². The van der Waals surface area contributed by atoms with Gasteiger partial charge in [0, 0.05) is 6.07 Å². The van der Waals surface area contributed by atoms with Crippen molar-refractivity contribution in [2.45, 2.75) is 12.3 Å². The van der Waals surface area contributed by atoms with Crippen LogP contribution in [-0.4, -0.2) is 18.1 Å². The van der Waals surface area contributed by atoms with Crippen molar-refractivity contribution in [2.24, 2.45) is 0 Å². The Morgan fingerprint density at radius 3 is 2.69 bits per heavy atom. The van der Waals surface area contributed by atoms with Gasteiger partial charge >= 0.3 is 5.97 Å². The zero-order chi connectivity index (χ0) is 12.3. The van der Waals surface area contributed by atoms with Crippen LogP contribution in [-0.2, 0) is 10.6 Å². The van der Waals surface area contributed by atoms with Gasteiger partial charge in [0.1, 0.15) is 17.1 Å². The molecule has 0 spiro atoms. The van der Waals surface area contributed by atoms with Crippen LogP contribution in [0.1, 0.15) is 28.2 Å². The van der Waals surface area contributed by atoms with Crippen LogP contribution in [0.25, 0.3) is 0 Å². The first-order valence-electron chi connectivity index (χ1n) is 4.13. The third kappa shape index (κ3) is 2.44. The summed E-state index contributed by atoms with van der Waals surface area (Å²) >= 11 is 5.40. The Kier molecular flexibility index (Phi) is 4.12. The molecule has 0 unspecified atom stereocenters. The van der Waals surface area contributed by atoms with Crippen molar-refractivity contribution in [3.8, 4) is 0 Å². The molecule has 1 heterocycles. The molecule has 16 heavy (non-hydrogen) atoms. The van der Waals surface area contributed by atoms with Crippen molar-refractivity contribution in [1.82, 2.24) is 4.98 Å². The molecule has 0 saturated carbocycles. The Bertz CT molecular complexity index is 412. The molecule has 0 saturated heterocycles. The molecule has 0 aliphatic rings. The molecule has 0 aliphatic carbocycles. The zero-order valence-corrected chi connectivity index (χ0v) is 8.89. The van der Waals surface area contributed by atoms with E-state index in [1.54, 1.807) is 0 Å². The van der Waals surface area contributed by atoms with E-state index in [0.717, 1.165) is 7.11 Å². The normalized spacial score (nSPS) is 10.6. The van der Waals surface area contributed by atoms with Gasteiger partial charge in [-0.05, 0) is 0 Å². The van der Waals surface area contributed by atoms with E-state index in [4.69, 9.17) is 11.6 Å². The molecule has 1 aromatic heterocycles. The van der Waals surface area contributed by atoms with Gasteiger partial charge in [-0.15, -0.1) is 11.6 Å². The van der Waals surface area contributed by atoms with Gasteiger partial charge in [0.25, 0.3) is 6.43 Å². The largest absolute Gasteiger partial charge is 0.465 e. The summed E-state index contributed by atoms with van der Waals surface area (Å²) in [5.41, 5.74) is -1.54. The molecule has 0 bridgehead atoms. The maximum absolute atomic E-state index is 13.4. The number of hydrogen-bond donors (Lipinski definition) is 0. The minimum absolute atomic E-state index is 0.260. The molecule has 0 aliphatic heterocycles. The molecular formula is C9H7ClF3NO2. The third-order valence-corrected chi connectivity index (χ3v) is 2.06. The van der Waals surface area contributed by atoms with Gasteiger partial charge in [-0.2, -0.15) is 0 Å². The molecule has 1 rings (SSSR count). The van der Waals surface area contributed by atoms with Crippen LogP contribution in [0, 0.1) is 5.82 Å². The highest BCUT2D eigenvalue weighted by molar-refractivity contribution is 6.17. The van der Waals surface area contributed by atoms with E-state index in [2.05, 4.69) is 9.72 Å². The van der Waals surface area contributed by atoms with Crippen LogP contribution in [0.5, 0.6) is 0 Å². The van der Waals surface area contributed by atoms with Crippen molar-refractivity contribution in [3.05, 3.63) is 28.8 Å². The molecule has 1 aromatic rings. The number of rotatable bonds is 3. The number of carbonyl (C=O) groups is 1. The summed E-state index contributed by atoms with van der Waals surface area (Å²) in [7, 11) is 1.04. The highest BCUT2D eigenvalue weighted by Gasteiger charge is 2.22. The summed E-state index contributed by atoms with van der Waals surface area (Å²) in [6.07, 6.45) is -2.93. The molecule has 88 valence electrons. The number of carbonyl (C=O) groups excluding carboxylic acids is 1. The number of halogens is 4. The summed E-state index contributed by atoms with van der Waals surface area (Å²) in [6, 6.07) is 0.493. The summed E-state index contributed by atoms with van der Waals surface area (Å²) in [4.78, 5) is 14.5. The second-order valence-corrected chi connectivity index (χ2v) is 3.04. The van der Waals surface area contributed by atoms with Crippen LogP contribution in [0.2, 0.25) is 0 Å². The van der Waals surface area contributed by atoms with Gasteiger partial charge in [-0.25, -0.2) is 22.9 Å². The van der Waals surface area contributed by atoms with Crippen LogP contribution in [0.4, 0.5) is 13.2 Å². The Hall–Kier alpha value is -1.30. The van der Waals surface area contributed by atoms with Crippen LogP contribution < -0.4 is 0 Å². The van der Waals surface area contributed by atoms with Gasteiger partial charge in [-0.1, -0.05) is 0 Å². The Labute approximate surface area is 94.2 Å². The average Bonchev–Trinajstić information content (AvgIpc) is 2.26. The van der Waals surface area contributed by atoms with Gasteiger partial charge in [0.2, 0.25) is 0 Å². The topological polar surface area (TPSA) is 39.2 Å². The second kappa shape index (κ2) is 5.16. The van der Waals surface area contributed by atoms with Crippen molar-refractivity contribution >= 4 is 17.6 Å². The predicted molar refractivity (Wildman–Crippen MR) is 50.0 cm³/mol. The maximum Gasteiger partial charge on any atom is 0.342 e. The van der Waals surface area contributed by atoms with Gasteiger partial charge < -0.3 is 4.74 Å². The van der Waals surface area contributed by atoms with Gasteiger partial charge in [0.05, 0.1) is 18.7 Å². The molecule has 0 amide bonds. The Morgan fingerprint density at radius 2 is 2.25 bits per heavy atom. The SMILES string of the molecule is COC(=O)c1c(F)cc(C(F)F)nc1CCl. The van der Waals surface area contributed by atoms with Crippen LogP contribution >= 0.6 is 11.6 Å². The van der Waals surface area contributed by atoms with Crippen molar-refractivity contribution in [2.75, 3.05) is 7.11 Å². The van der Waals surface area contributed by atoms with E-state index in [9.17, 15) is 18.0 Å². The molecule has 0 atom stereocenters. The van der Waals surface area contributed by atoms with Gasteiger partial charge in [-0.3, -0.25) is 0 Å². The smallest absolute Gasteiger partial charge is 0.342 e. The summed E-state index contributed by atoms with van der Waals surface area (Å²) in [5.74, 6) is -2.48. The molecular weight excluding hydrogens is 247 g/mol. The van der Waals surface area contributed by atoms with E-state index in [-0.39, 0.29) is 11.6 Å². The molecule has 0 N–H and O–H groups in total. The molecule has 7 heteroatoms. The number of methoxy groups -OCH3 is 1. The quantitative estimate of drug-likeness (QED) is 0.614. The number of hydrogen-bond acceptors (Lipinski definition) is 3. The van der Waals surface area contributed by atoms with Crippen LogP contribution in [0.15, 0.2) is 6.07 Å². The summed E-state index contributed by atoms with van der Waals surface area (Å²) in [6.45, 7) is 0. The number of nitrogens with zero attached hydrogens (tertiary/aromatic N) is 1. The van der Waals surface area contributed by atoms with Gasteiger partial charge in [0.15, 0.2) is 0 Å². The van der Waals surface area contributed by atoms with E-state index in [1.165, 1.54) is 0 Å². The molecule has 3 nitrogen and oxygen atoms in total. The fourth-order valence-electron chi connectivity index (χ4n) is 1.11. The van der Waals surface area contributed by atoms with E-state index in [1.807, 2.05) is 0 Å². The lowest BCUT2D eigenvalue weighted by atomic mass is 10.1. The summed E-state index contributed by atoms with van der Waals surface area (Å²) < 4.78 is 42.2. The van der Waals surface area contributed by atoms with Crippen molar-refractivity contribution < 1.29 is 22.7 Å². The Balaban J connectivity index is 3.34. The number of ether oxygens (including phenoxy) is 1. The number of alkyl halides is 3. The lowest BCUT2D eigenvalue weighted by Crippen LogP contribution is -2.11. The molecule has 0 radical (unpaired) electrons. The molecule has 0 fully saturated rings. The zero-order valence-electron chi connectivity index (χ0n) is 8.14. The average molecular weight is 254 g/mol. The first-order valence-corrected chi connectivity index (χ1v) is 4.66. The fraction of sp³-hybridized carbons (Fsp3) is 0.333. The predicted octanol–water partition coefficient (Wildman–Crippen LogP) is 2.68. The lowest BCUT2D eigenvalue weighted by Gasteiger charge is -2.08. The monoisotopic (exact) mass is 253 g/mol. The molecule has 0 aromatic carbocycles. The van der Waals surface area contributed by atoms with Crippen molar-refractivity contribution in [1.29, 1.82) is 0 Å². The first-order chi connectivity index (χ1) is 7.51. The highest BCUT2D eigenvalue weighted by Crippen LogP contribution is 2.22. The minimum atomic E-state index is -2.93. The van der Waals surface area contributed by atoms with E-state index < -0.39 is 29.5 Å². The highest BCUT2D eigenvalue weighted by atomic mass is 35.5. The maximum atomic E-state index is 13.4. The Morgan fingerprint density at radius 1 is 1.62 bits per heavy atom. The first kappa shape index (κ1) is 12.8. The summed E-state index contributed by atoms with van der Waals surface area (Å²) in [5, 5.41) is 0.